The lowest BCUT2D eigenvalue weighted by atomic mass is 10.1. The fourth-order valence-corrected chi connectivity index (χ4v) is 0.302. The first-order valence-electron chi connectivity index (χ1n) is 2.35. The van der Waals surface area contributed by atoms with Gasteiger partial charge >= 0.3 is 5.97 Å². The quantitative estimate of drug-likeness (QED) is 0.556. The second kappa shape index (κ2) is 3.24. The Bertz CT molecular complexity index is 96.7. The van der Waals surface area contributed by atoms with Crippen molar-refractivity contribution in [2.75, 3.05) is 0 Å². The van der Waals surface area contributed by atoms with E-state index in [-0.39, 0.29) is 0 Å². The molecule has 0 spiro atoms. The summed E-state index contributed by atoms with van der Waals surface area (Å²) in [5.74, 6) is -1.41. The van der Waals surface area contributed by atoms with Crippen LogP contribution in [0.1, 0.15) is 6.42 Å². The second-order valence-corrected chi connectivity index (χ2v) is 1.56. The van der Waals surface area contributed by atoms with Gasteiger partial charge in [0.2, 0.25) is 0 Å². The van der Waals surface area contributed by atoms with E-state index >= 15 is 0 Å². The Morgan fingerprint density at radius 2 is 2.38 bits per heavy atom. The van der Waals surface area contributed by atoms with Gasteiger partial charge in [0, 0.05) is 0 Å². The Labute approximate surface area is 48.8 Å². The van der Waals surface area contributed by atoms with Crippen LogP contribution in [0.25, 0.3) is 0 Å². The molecule has 0 aliphatic heterocycles. The van der Waals surface area contributed by atoms with Gasteiger partial charge in [0.15, 0.2) is 0 Å². The van der Waals surface area contributed by atoms with E-state index in [2.05, 4.69) is 13.5 Å². The van der Waals surface area contributed by atoms with Gasteiger partial charge in [-0.2, -0.15) is 0 Å². The van der Waals surface area contributed by atoms with Crippen molar-refractivity contribution < 1.29 is 9.90 Å². The molecule has 0 fully saturated rings. The molecule has 0 saturated carbocycles. The number of hydrogen-bond acceptors (Lipinski definition) is 1. The van der Waals surface area contributed by atoms with E-state index in [1.165, 1.54) is 0 Å². The van der Waals surface area contributed by atoms with Gasteiger partial charge in [0.25, 0.3) is 0 Å². The van der Waals surface area contributed by atoms with Crippen LogP contribution in [0.5, 0.6) is 0 Å². The third-order valence-electron chi connectivity index (χ3n) is 0.800. The van der Waals surface area contributed by atoms with Gasteiger partial charge < -0.3 is 5.11 Å². The molecule has 1 unspecified atom stereocenters. The van der Waals surface area contributed by atoms with Gasteiger partial charge in [-0.1, -0.05) is 6.08 Å². The highest BCUT2D eigenvalue weighted by Crippen LogP contribution is 1.99. The Hall–Kier alpha value is -0.790. The molecular formula is C6H9O2. The predicted molar refractivity (Wildman–Crippen MR) is 31.3 cm³/mol. The zero-order valence-electron chi connectivity index (χ0n) is 4.63. The molecule has 45 valence electrons. The van der Waals surface area contributed by atoms with Gasteiger partial charge in [-0.15, -0.1) is 6.58 Å². The molecule has 0 amide bonds. The highest BCUT2D eigenvalue weighted by atomic mass is 16.4. The van der Waals surface area contributed by atoms with Crippen LogP contribution in [0.4, 0.5) is 0 Å². The number of carboxylic acids is 1. The van der Waals surface area contributed by atoms with Crippen molar-refractivity contribution in [3.05, 3.63) is 19.6 Å². The Morgan fingerprint density at radius 3 is 2.50 bits per heavy atom. The second-order valence-electron chi connectivity index (χ2n) is 1.56. The van der Waals surface area contributed by atoms with Crippen LogP contribution in [-0.4, -0.2) is 11.1 Å². The molecule has 0 aliphatic carbocycles. The molecule has 1 N–H and O–H groups in total. The highest BCUT2D eigenvalue weighted by Gasteiger charge is 2.06. The summed E-state index contributed by atoms with van der Waals surface area (Å²) in [6.45, 7) is 6.74. The van der Waals surface area contributed by atoms with Gasteiger partial charge in [0.05, 0.1) is 5.92 Å². The summed E-state index contributed by atoms with van der Waals surface area (Å²) in [5, 5.41) is 8.20. The fraction of sp³-hybridized carbons (Fsp3) is 0.333. The molecule has 0 bridgehead atoms. The minimum Gasteiger partial charge on any atom is -0.481 e. The van der Waals surface area contributed by atoms with Crippen LogP contribution < -0.4 is 0 Å². The number of carbonyl (C=O) groups is 1. The average Bonchev–Trinajstić information content (AvgIpc) is 1.67. The maximum Gasteiger partial charge on any atom is 0.306 e. The third kappa shape index (κ3) is 2.39. The first-order valence-corrected chi connectivity index (χ1v) is 2.35. The number of hydrogen-bond donors (Lipinski definition) is 1. The van der Waals surface area contributed by atoms with Crippen molar-refractivity contribution in [2.24, 2.45) is 5.92 Å². The maximum absolute atomic E-state index is 9.98. The van der Waals surface area contributed by atoms with Gasteiger partial charge in [-0.25, -0.2) is 0 Å². The molecule has 8 heavy (non-hydrogen) atoms. The third-order valence-corrected chi connectivity index (χ3v) is 0.800. The maximum atomic E-state index is 9.98. The van der Waals surface area contributed by atoms with Crippen molar-refractivity contribution in [1.82, 2.24) is 0 Å². The van der Waals surface area contributed by atoms with Crippen molar-refractivity contribution in [2.45, 2.75) is 6.42 Å². The zero-order chi connectivity index (χ0) is 6.57. The summed E-state index contributed by atoms with van der Waals surface area (Å²) < 4.78 is 0. The Balaban J connectivity index is 3.46. The van der Waals surface area contributed by atoms with Crippen molar-refractivity contribution in [3.63, 3.8) is 0 Å². The van der Waals surface area contributed by atoms with E-state index in [1.54, 1.807) is 6.08 Å². The van der Waals surface area contributed by atoms with E-state index in [1.807, 2.05) is 0 Å². The fourth-order valence-electron chi connectivity index (χ4n) is 0.302. The average molecular weight is 113 g/mol. The number of rotatable bonds is 3. The molecule has 1 radical (unpaired) electrons. The lowest BCUT2D eigenvalue weighted by Crippen LogP contribution is -2.07. The zero-order valence-corrected chi connectivity index (χ0v) is 4.63. The smallest absolute Gasteiger partial charge is 0.306 e. The minimum atomic E-state index is -0.870. The van der Waals surface area contributed by atoms with Crippen LogP contribution in [0.2, 0.25) is 0 Å². The summed E-state index contributed by atoms with van der Waals surface area (Å²) >= 11 is 0. The van der Waals surface area contributed by atoms with E-state index in [9.17, 15) is 4.79 Å². The SMILES string of the molecule is [CH2]C(CC=C)C(=O)O. The molecule has 0 aromatic carbocycles. The molecule has 0 rings (SSSR count). The first kappa shape index (κ1) is 7.21. The Morgan fingerprint density at radius 1 is 1.88 bits per heavy atom. The molecule has 0 aromatic rings. The molecule has 2 nitrogen and oxygen atoms in total. The molecular weight excluding hydrogens is 104 g/mol. The van der Waals surface area contributed by atoms with Crippen LogP contribution in [0, 0.1) is 12.8 Å². The highest BCUT2D eigenvalue weighted by molar-refractivity contribution is 5.70. The predicted octanol–water partition coefficient (Wildman–Crippen LogP) is 1.10. The van der Waals surface area contributed by atoms with E-state index in [0.29, 0.717) is 6.42 Å². The first-order chi connectivity index (χ1) is 3.68. The number of aliphatic carboxylic acids is 1. The van der Waals surface area contributed by atoms with Crippen molar-refractivity contribution in [3.8, 4) is 0 Å². The van der Waals surface area contributed by atoms with Crippen LogP contribution in [0.15, 0.2) is 12.7 Å². The lowest BCUT2D eigenvalue weighted by molar-refractivity contribution is -0.140. The van der Waals surface area contributed by atoms with Crippen LogP contribution >= 0.6 is 0 Å². The Kier molecular flexibility index (Phi) is 2.92. The van der Waals surface area contributed by atoms with Crippen molar-refractivity contribution >= 4 is 5.97 Å². The van der Waals surface area contributed by atoms with Gasteiger partial charge in [-0.05, 0) is 13.3 Å². The number of carboxylic acid groups (broad SMARTS) is 1. The standard InChI is InChI=1S/C6H9O2/c1-3-4-5(2)6(7)8/h3,5H,1-2,4H2,(H,7,8). The van der Waals surface area contributed by atoms with E-state index in [4.69, 9.17) is 5.11 Å². The summed E-state index contributed by atoms with van der Waals surface area (Å²) in [5.41, 5.74) is 0. The van der Waals surface area contributed by atoms with Gasteiger partial charge in [-0.3, -0.25) is 4.79 Å². The van der Waals surface area contributed by atoms with Gasteiger partial charge in [0.1, 0.15) is 0 Å². The summed E-state index contributed by atoms with van der Waals surface area (Å²) in [4.78, 5) is 9.98. The minimum absolute atomic E-state index is 0.440. The topological polar surface area (TPSA) is 37.3 Å². The molecule has 0 aliphatic rings. The molecule has 0 heterocycles. The van der Waals surface area contributed by atoms with Crippen molar-refractivity contribution in [1.29, 1.82) is 0 Å². The molecule has 0 aromatic heterocycles. The molecule has 2 heteroatoms. The van der Waals surface area contributed by atoms with Crippen LogP contribution in [0.3, 0.4) is 0 Å². The molecule has 1 atom stereocenters. The lowest BCUT2D eigenvalue weighted by Gasteiger charge is -1.97. The summed E-state index contributed by atoms with van der Waals surface area (Å²) in [6.07, 6.45) is 1.99. The monoisotopic (exact) mass is 113 g/mol. The van der Waals surface area contributed by atoms with Crippen LogP contribution in [-0.2, 0) is 4.79 Å². The largest absolute Gasteiger partial charge is 0.481 e. The normalized spacial score (nSPS) is 12.6. The van der Waals surface area contributed by atoms with E-state index < -0.39 is 11.9 Å². The summed E-state index contributed by atoms with van der Waals surface area (Å²) in [7, 11) is 0. The summed E-state index contributed by atoms with van der Waals surface area (Å²) in [6, 6.07) is 0. The number of allylic oxidation sites excluding steroid dienone is 1. The molecule has 0 saturated heterocycles. The van der Waals surface area contributed by atoms with E-state index in [0.717, 1.165) is 0 Å².